The highest BCUT2D eigenvalue weighted by Gasteiger charge is 2.26. The summed E-state index contributed by atoms with van der Waals surface area (Å²) in [5.41, 5.74) is 0. The molecule has 1 saturated heterocycles. The van der Waals surface area contributed by atoms with Crippen molar-refractivity contribution in [3.05, 3.63) is 0 Å². The van der Waals surface area contributed by atoms with Gasteiger partial charge in [0.25, 0.3) is 0 Å². The molecular formula is C15H31N3O. The Morgan fingerprint density at radius 1 is 1.47 bits per heavy atom. The monoisotopic (exact) mass is 269 g/mol. The average molecular weight is 269 g/mol. The van der Waals surface area contributed by atoms with Gasteiger partial charge in [-0.15, -0.1) is 0 Å². The van der Waals surface area contributed by atoms with Crippen molar-refractivity contribution in [2.75, 3.05) is 47.3 Å². The third-order valence-electron chi connectivity index (χ3n) is 4.28. The highest BCUT2D eigenvalue weighted by molar-refractivity contribution is 5.79. The van der Waals surface area contributed by atoms with Crippen LogP contribution in [0.15, 0.2) is 0 Å². The maximum atomic E-state index is 12.4. The molecule has 1 amide bonds. The van der Waals surface area contributed by atoms with Crippen LogP contribution < -0.4 is 5.32 Å². The van der Waals surface area contributed by atoms with Crippen LogP contribution in [-0.4, -0.2) is 63.0 Å². The summed E-state index contributed by atoms with van der Waals surface area (Å²) in [6.07, 6.45) is 2.42. The van der Waals surface area contributed by atoms with Crippen LogP contribution in [-0.2, 0) is 4.79 Å². The average Bonchev–Trinajstić information content (AvgIpc) is 2.77. The SMILES string of the molecule is CNCC(C(=O)N(C)CCC1CCN(C)C1)C(C)C. The molecule has 19 heavy (non-hydrogen) atoms. The summed E-state index contributed by atoms with van der Waals surface area (Å²) < 4.78 is 0. The summed E-state index contributed by atoms with van der Waals surface area (Å²) >= 11 is 0. The number of nitrogens with zero attached hydrogens (tertiary/aromatic N) is 2. The van der Waals surface area contributed by atoms with Crippen molar-refractivity contribution in [2.24, 2.45) is 17.8 Å². The fourth-order valence-corrected chi connectivity index (χ4v) is 2.86. The molecule has 0 aromatic heterocycles. The van der Waals surface area contributed by atoms with Crippen molar-refractivity contribution in [3.8, 4) is 0 Å². The van der Waals surface area contributed by atoms with E-state index in [9.17, 15) is 4.79 Å². The quantitative estimate of drug-likeness (QED) is 0.756. The van der Waals surface area contributed by atoms with Crippen LogP contribution >= 0.6 is 0 Å². The lowest BCUT2D eigenvalue weighted by Gasteiger charge is -2.27. The van der Waals surface area contributed by atoms with Gasteiger partial charge in [0.05, 0.1) is 5.92 Å². The molecule has 1 aliphatic rings. The standard InChI is InChI=1S/C15H31N3O/c1-12(2)14(10-16-3)15(19)18(5)9-7-13-6-8-17(4)11-13/h12-14,16H,6-11H2,1-5H3. The minimum atomic E-state index is 0.0984. The predicted octanol–water partition coefficient (Wildman–Crippen LogP) is 1.28. The predicted molar refractivity (Wildman–Crippen MR) is 80.1 cm³/mol. The summed E-state index contributed by atoms with van der Waals surface area (Å²) in [4.78, 5) is 16.7. The lowest BCUT2D eigenvalue weighted by Crippen LogP contribution is -2.40. The number of amides is 1. The van der Waals surface area contributed by atoms with Gasteiger partial charge in [0.1, 0.15) is 0 Å². The van der Waals surface area contributed by atoms with E-state index in [2.05, 4.69) is 31.1 Å². The summed E-state index contributed by atoms with van der Waals surface area (Å²) in [6, 6.07) is 0. The van der Waals surface area contributed by atoms with Crippen molar-refractivity contribution >= 4 is 5.91 Å². The zero-order valence-corrected chi connectivity index (χ0v) is 13.3. The maximum Gasteiger partial charge on any atom is 0.226 e. The smallest absolute Gasteiger partial charge is 0.226 e. The van der Waals surface area contributed by atoms with Crippen molar-refractivity contribution in [1.29, 1.82) is 0 Å². The Labute approximate surface area is 118 Å². The Balaban J connectivity index is 2.38. The molecule has 2 unspecified atom stereocenters. The molecule has 0 spiro atoms. The fraction of sp³-hybridized carbons (Fsp3) is 0.933. The van der Waals surface area contributed by atoms with E-state index in [4.69, 9.17) is 0 Å². The van der Waals surface area contributed by atoms with Crippen LogP contribution in [0.1, 0.15) is 26.7 Å². The number of rotatable bonds is 7. The first-order chi connectivity index (χ1) is 8.95. The number of likely N-dealkylation sites (tertiary alicyclic amines) is 1. The van der Waals surface area contributed by atoms with E-state index in [0.717, 1.165) is 25.4 Å². The third-order valence-corrected chi connectivity index (χ3v) is 4.28. The van der Waals surface area contributed by atoms with Gasteiger partial charge in [-0.1, -0.05) is 13.8 Å². The molecule has 2 atom stereocenters. The van der Waals surface area contributed by atoms with E-state index in [0.29, 0.717) is 5.92 Å². The number of carbonyl (C=O) groups is 1. The van der Waals surface area contributed by atoms with Crippen LogP contribution in [0.3, 0.4) is 0 Å². The molecule has 1 heterocycles. The number of hydrogen-bond donors (Lipinski definition) is 1. The van der Waals surface area contributed by atoms with Gasteiger partial charge in [0.2, 0.25) is 5.91 Å². The van der Waals surface area contributed by atoms with Gasteiger partial charge in [0, 0.05) is 26.7 Å². The first kappa shape index (κ1) is 16.4. The number of nitrogens with one attached hydrogen (secondary N) is 1. The summed E-state index contributed by atoms with van der Waals surface area (Å²) in [7, 11) is 6.04. The normalized spacial score (nSPS) is 21.9. The van der Waals surface area contributed by atoms with Crippen LogP contribution in [0.2, 0.25) is 0 Å². The van der Waals surface area contributed by atoms with Crippen molar-refractivity contribution in [2.45, 2.75) is 26.7 Å². The molecule has 1 fully saturated rings. The molecule has 0 saturated carbocycles. The maximum absolute atomic E-state index is 12.4. The Kier molecular flexibility index (Phi) is 6.80. The third kappa shape index (κ3) is 5.11. The zero-order valence-electron chi connectivity index (χ0n) is 13.3. The lowest BCUT2D eigenvalue weighted by atomic mass is 9.94. The summed E-state index contributed by atoms with van der Waals surface area (Å²) in [5.74, 6) is 1.54. The highest BCUT2D eigenvalue weighted by atomic mass is 16.2. The molecule has 0 aromatic rings. The van der Waals surface area contributed by atoms with Crippen LogP contribution in [0.4, 0.5) is 0 Å². The fourth-order valence-electron chi connectivity index (χ4n) is 2.86. The van der Waals surface area contributed by atoms with Crippen LogP contribution in [0.5, 0.6) is 0 Å². The second kappa shape index (κ2) is 7.85. The van der Waals surface area contributed by atoms with Crippen molar-refractivity contribution in [1.82, 2.24) is 15.1 Å². The number of carbonyl (C=O) groups excluding carboxylic acids is 1. The minimum Gasteiger partial charge on any atom is -0.345 e. The lowest BCUT2D eigenvalue weighted by molar-refractivity contribution is -0.135. The van der Waals surface area contributed by atoms with Gasteiger partial charge < -0.3 is 15.1 Å². The van der Waals surface area contributed by atoms with Crippen molar-refractivity contribution < 1.29 is 4.79 Å². The van der Waals surface area contributed by atoms with Gasteiger partial charge >= 0.3 is 0 Å². The molecule has 1 N–H and O–H groups in total. The van der Waals surface area contributed by atoms with E-state index in [1.54, 1.807) is 0 Å². The molecule has 1 rings (SSSR count). The summed E-state index contributed by atoms with van der Waals surface area (Å²) in [6.45, 7) is 8.31. The Morgan fingerprint density at radius 2 is 2.16 bits per heavy atom. The first-order valence-corrected chi connectivity index (χ1v) is 7.53. The molecule has 4 nitrogen and oxygen atoms in total. The van der Waals surface area contributed by atoms with Gasteiger partial charge in [-0.2, -0.15) is 0 Å². The minimum absolute atomic E-state index is 0.0984. The molecule has 112 valence electrons. The van der Waals surface area contributed by atoms with Gasteiger partial charge in [-0.05, 0) is 45.3 Å². The van der Waals surface area contributed by atoms with Crippen molar-refractivity contribution in [3.63, 3.8) is 0 Å². The zero-order chi connectivity index (χ0) is 14.4. The van der Waals surface area contributed by atoms with E-state index in [-0.39, 0.29) is 11.8 Å². The molecule has 1 aliphatic heterocycles. The molecule has 0 aromatic carbocycles. The largest absolute Gasteiger partial charge is 0.345 e. The molecular weight excluding hydrogens is 238 g/mol. The van der Waals surface area contributed by atoms with Gasteiger partial charge in [-0.3, -0.25) is 4.79 Å². The molecule has 0 bridgehead atoms. The van der Waals surface area contributed by atoms with E-state index < -0.39 is 0 Å². The van der Waals surface area contributed by atoms with E-state index in [1.807, 2.05) is 19.0 Å². The summed E-state index contributed by atoms with van der Waals surface area (Å²) in [5, 5.41) is 3.13. The Hall–Kier alpha value is -0.610. The van der Waals surface area contributed by atoms with E-state index in [1.165, 1.54) is 19.5 Å². The molecule has 4 heteroatoms. The Morgan fingerprint density at radius 3 is 2.63 bits per heavy atom. The molecule has 0 aliphatic carbocycles. The second-order valence-electron chi connectivity index (χ2n) is 6.37. The van der Waals surface area contributed by atoms with Crippen LogP contribution in [0.25, 0.3) is 0 Å². The first-order valence-electron chi connectivity index (χ1n) is 7.53. The second-order valence-corrected chi connectivity index (χ2v) is 6.37. The Bertz CT molecular complexity index is 281. The van der Waals surface area contributed by atoms with E-state index >= 15 is 0 Å². The van der Waals surface area contributed by atoms with Crippen LogP contribution in [0, 0.1) is 17.8 Å². The highest BCUT2D eigenvalue weighted by Crippen LogP contribution is 2.19. The van der Waals surface area contributed by atoms with Gasteiger partial charge in [0.15, 0.2) is 0 Å². The molecule has 0 radical (unpaired) electrons. The topological polar surface area (TPSA) is 35.6 Å². The number of hydrogen-bond acceptors (Lipinski definition) is 3. The van der Waals surface area contributed by atoms with Gasteiger partial charge in [-0.25, -0.2) is 0 Å².